The summed E-state index contributed by atoms with van der Waals surface area (Å²) in [5, 5.41) is 1.03. The Bertz CT molecular complexity index is 1550. The SMILES string of the molecule is CCn1cc(/C=C2\Oc3c4c(cc(C)c3C2=O)OCN(CCCc2ccccc2)C4)c2cc(OC)ccc21. The zero-order chi connectivity index (χ0) is 26.2. The highest BCUT2D eigenvalue weighted by Gasteiger charge is 2.35. The van der Waals surface area contributed by atoms with Gasteiger partial charge in [-0.15, -0.1) is 0 Å². The molecule has 6 nitrogen and oxygen atoms in total. The number of ether oxygens (including phenoxy) is 3. The number of benzene rings is 3. The number of methoxy groups -OCH3 is 1. The number of fused-ring (bicyclic) bond motifs is 4. The average molecular weight is 509 g/mol. The van der Waals surface area contributed by atoms with Crippen LogP contribution in [0.5, 0.6) is 17.2 Å². The van der Waals surface area contributed by atoms with Crippen molar-refractivity contribution in [2.45, 2.75) is 39.8 Å². The van der Waals surface area contributed by atoms with Crippen molar-refractivity contribution >= 4 is 22.8 Å². The number of ketones is 1. The van der Waals surface area contributed by atoms with E-state index in [1.165, 1.54) is 5.56 Å². The molecule has 0 aliphatic carbocycles. The molecule has 0 spiro atoms. The van der Waals surface area contributed by atoms with Crippen molar-refractivity contribution in [3.63, 3.8) is 0 Å². The van der Waals surface area contributed by atoms with E-state index in [-0.39, 0.29) is 5.78 Å². The molecule has 6 heteroatoms. The first-order chi connectivity index (χ1) is 18.6. The minimum Gasteiger partial charge on any atom is -0.497 e. The van der Waals surface area contributed by atoms with Crippen LogP contribution in [0.1, 0.15) is 46.0 Å². The lowest BCUT2D eigenvalue weighted by molar-refractivity contribution is 0.0928. The molecule has 0 radical (unpaired) electrons. The van der Waals surface area contributed by atoms with Gasteiger partial charge in [0.05, 0.1) is 18.2 Å². The van der Waals surface area contributed by atoms with Crippen LogP contribution in [0.2, 0.25) is 0 Å². The molecule has 2 aliphatic rings. The minimum absolute atomic E-state index is 0.0817. The van der Waals surface area contributed by atoms with Crippen LogP contribution in [0.4, 0.5) is 0 Å². The van der Waals surface area contributed by atoms with Gasteiger partial charge in [-0.3, -0.25) is 9.69 Å². The second-order valence-corrected chi connectivity index (χ2v) is 9.98. The van der Waals surface area contributed by atoms with Gasteiger partial charge in [0.1, 0.15) is 24.0 Å². The van der Waals surface area contributed by atoms with Crippen molar-refractivity contribution in [2.75, 3.05) is 20.4 Å². The Morgan fingerprint density at radius 2 is 1.95 bits per heavy atom. The quantitative estimate of drug-likeness (QED) is 0.271. The first-order valence-electron chi connectivity index (χ1n) is 13.2. The van der Waals surface area contributed by atoms with E-state index in [4.69, 9.17) is 14.2 Å². The maximum absolute atomic E-state index is 13.6. The number of carbonyl (C=O) groups is 1. The number of aryl methyl sites for hydroxylation is 3. The molecule has 1 aromatic heterocycles. The Morgan fingerprint density at radius 3 is 2.74 bits per heavy atom. The van der Waals surface area contributed by atoms with Crippen molar-refractivity contribution in [3.8, 4) is 17.2 Å². The Balaban J connectivity index is 1.28. The molecule has 0 atom stereocenters. The van der Waals surface area contributed by atoms with Crippen LogP contribution >= 0.6 is 0 Å². The molecule has 194 valence electrons. The Labute approximate surface area is 223 Å². The predicted molar refractivity (Wildman–Crippen MR) is 149 cm³/mol. The molecule has 0 bridgehead atoms. The normalized spacial score (nSPS) is 15.9. The van der Waals surface area contributed by atoms with Crippen molar-refractivity contribution < 1.29 is 19.0 Å². The van der Waals surface area contributed by atoms with Crippen molar-refractivity contribution in [1.82, 2.24) is 9.47 Å². The Kier molecular flexibility index (Phi) is 6.42. The smallest absolute Gasteiger partial charge is 0.232 e. The number of allylic oxidation sites excluding steroid dienone is 1. The predicted octanol–water partition coefficient (Wildman–Crippen LogP) is 6.38. The first-order valence-corrected chi connectivity index (χ1v) is 13.2. The topological polar surface area (TPSA) is 52.9 Å². The molecule has 3 aromatic carbocycles. The van der Waals surface area contributed by atoms with Gasteiger partial charge in [0.2, 0.25) is 5.78 Å². The summed E-state index contributed by atoms with van der Waals surface area (Å²) in [5.41, 5.74) is 5.83. The second kappa shape index (κ2) is 10.0. The molecule has 0 N–H and O–H groups in total. The van der Waals surface area contributed by atoms with Crippen LogP contribution in [0, 0.1) is 6.92 Å². The number of hydrogen-bond acceptors (Lipinski definition) is 5. The molecular weight excluding hydrogens is 476 g/mol. The molecule has 0 unspecified atom stereocenters. The number of Topliss-reactive ketones (excluding diaryl/α,β-unsaturated/α-hetero) is 1. The first kappa shape index (κ1) is 24.3. The second-order valence-electron chi connectivity index (χ2n) is 9.98. The number of nitrogens with zero attached hydrogens (tertiary/aromatic N) is 2. The summed E-state index contributed by atoms with van der Waals surface area (Å²) >= 11 is 0. The molecule has 0 amide bonds. The van der Waals surface area contributed by atoms with Gasteiger partial charge in [0, 0.05) is 42.3 Å². The highest BCUT2D eigenvalue weighted by atomic mass is 16.5. The number of carbonyl (C=O) groups excluding carboxylic acids is 1. The lowest BCUT2D eigenvalue weighted by Gasteiger charge is -2.30. The molecule has 0 fully saturated rings. The maximum atomic E-state index is 13.6. The maximum Gasteiger partial charge on any atom is 0.232 e. The van der Waals surface area contributed by atoms with Gasteiger partial charge < -0.3 is 18.8 Å². The van der Waals surface area contributed by atoms with E-state index in [9.17, 15) is 4.79 Å². The standard InChI is InChI=1S/C32H32N2O4/c1-4-34-18-23(25-17-24(36-3)12-13-27(25)34)16-29-31(35)30-21(2)15-28-26(32(30)38-29)19-33(20-37-28)14-8-11-22-9-6-5-7-10-22/h5-7,9-10,12-13,15-18H,4,8,11,14,19-20H2,1-3H3/b29-16-. The van der Waals surface area contributed by atoms with Gasteiger partial charge >= 0.3 is 0 Å². The summed E-state index contributed by atoms with van der Waals surface area (Å²) in [5.74, 6) is 2.49. The fourth-order valence-electron chi connectivity index (χ4n) is 5.52. The third-order valence-corrected chi connectivity index (χ3v) is 7.52. The summed E-state index contributed by atoms with van der Waals surface area (Å²) < 4.78 is 20.1. The molecule has 0 saturated heterocycles. The lowest BCUT2D eigenvalue weighted by Crippen LogP contribution is -2.33. The monoisotopic (exact) mass is 508 g/mol. The largest absolute Gasteiger partial charge is 0.497 e. The highest BCUT2D eigenvalue weighted by Crippen LogP contribution is 2.44. The molecule has 3 heterocycles. The average Bonchev–Trinajstić information content (AvgIpc) is 3.47. The van der Waals surface area contributed by atoms with Crippen LogP contribution in [0.15, 0.2) is 66.6 Å². The van der Waals surface area contributed by atoms with E-state index in [0.29, 0.717) is 30.3 Å². The van der Waals surface area contributed by atoms with Gasteiger partial charge in [-0.2, -0.15) is 0 Å². The summed E-state index contributed by atoms with van der Waals surface area (Å²) in [4.78, 5) is 15.8. The minimum atomic E-state index is -0.0817. The third kappa shape index (κ3) is 4.35. The van der Waals surface area contributed by atoms with Crippen molar-refractivity contribution in [3.05, 3.63) is 94.4 Å². The zero-order valence-electron chi connectivity index (χ0n) is 22.1. The lowest BCUT2D eigenvalue weighted by atomic mass is 9.98. The third-order valence-electron chi connectivity index (χ3n) is 7.52. The van der Waals surface area contributed by atoms with Gasteiger partial charge in [0.15, 0.2) is 5.76 Å². The zero-order valence-corrected chi connectivity index (χ0v) is 22.1. The highest BCUT2D eigenvalue weighted by molar-refractivity contribution is 6.16. The summed E-state index contributed by atoms with van der Waals surface area (Å²) in [6.45, 7) is 7.02. The molecule has 38 heavy (non-hydrogen) atoms. The molecule has 4 aromatic rings. The fraction of sp³-hybridized carbons (Fsp3) is 0.281. The van der Waals surface area contributed by atoms with Crippen molar-refractivity contribution in [1.29, 1.82) is 0 Å². The fourth-order valence-corrected chi connectivity index (χ4v) is 5.52. The van der Waals surface area contributed by atoms with E-state index in [2.05, 4.69) is 52.9 Å². The molecular formula is C32H32N2O4. The van der Waals surface area contributed by atoms with Gasteiger partial charge in [-0.05, 0) is 68.2 Å². The molecule has 2 aliphatic heterocycles. The number of hydrogen-bond donors (Lipinski definition) is 0. The van der Waals surface area contributed by atoms with E-state index in [1.807, 2.05) is 37.3 Å². The van der Waals surface area contributed by atoms with Crippen molar-refractivity contribution in [2.24, 2.45) is 0 Å². The van der Waals surface area contributed by atoms with E-state index in [1.54, 1.807) is 7.11 Å². The Morgan fingerprint density at radius 1 is 1.11 bits per heavy atom. The number of rotatable bonds is 7. The van der Waals surface area contributed by atoms with Gasteiger partial charge in [-0.25, -0.2) is 0 Å². The molecule has 0 saturated carbocycles. The van der Waals surface area contributed by atoms with E-state index in [0.717, 1.165) is 65.0 Å². The van der Waals surface area contributed by atoms with Crippen LogP contribution in [-0.4, -0.2) is 35.6 Å². The Hall–Kier alpha value is -4.03. The van der Waals surface area contributed by atoms with Crippen LogP contribution in [0.25, 0.3) is 17.0 Å². The van der Waals surface area contributed by atoms with Gasteiger partial charge in [0.25, 0.3) is 0 Å². The van der Waals surface area contributed by atoms with Crippen LogP contribution in [0.3, 0.4) is 0 Å². The van der Waals surface area contributed by atoms with Crippen LogP contribution in [-0.2, 0) is 19.5 Å². The van der Waals surface area contributed by atoms with E-state index >= 15 is 0 Å². The van der Waals surface area contributed by atoms with Crippen LogP contribution < -0.4 is 14.2 Å². The van der Waals surface area contributed by atoms with Gasteiger partial charge in [-0.1, -0.05) is 30.3 Å². The van der Waals surface area contributed by atoms with E-state index < -0.39 is 0 Å². The molecule has 6 rings (SSSR count). The summed E-state index contributed by atoms with van der Waals surface area (Å²) in [6, 6.07) is 18.5. The summed E-state index contributed by atoms with van der Waals surface area (Å²) in [7, 11) is 1.66. The summed E-state index contributed by atoms with van der Waals surface area (Å²) in [6.07, 6.45) is 5.99. The number of aromatic nitrogens is 1.